The third-order valence-corrected chi connectivity index (χ3v) is 6.27. The molecule has 2 aliphatic rings. The summed E-state index contributed by atoms with van der Waals surface area (Å²) in [6.45, 7) is 4.15. The van der Waals surface area contributed by atoms with E-state index in [1.54, 1.807) is 14.2 Å². The van der Waals surface area contributed by atoms with Crippen molar-refractivity contribution >= 4 is 17.3 Å². The smallest absolute Gasteiger partial charge is 0.191 e. The van der Waals surface area contributed by atoms with E-state index in [2.05, 4.69) is 26.6 Å². The molecule has 2 aliphatic heterocycles. The zero-order chi connectivity index (χ0) is 22.5. The Kier molecular flexibility index (Phi) is 6.97. The molecule has 0 aliphatic carbocycles. The zero-order valence-corrected chi connectivity index (χ0v) is 18.7. The molecule has 2 atom stereocenters. The Hall–Kier alpha value is -3.03. The number of nitrogens with zero attached hydrogens (tertiary/aromatic N) is 3. The second kappa shape index (κ2) is 10.1. The Labute approximate surface area is 188 Å². The summed E-state index contributed by atoms with van der Waals surface area (Å²) < 4.78 is 32.8. The van der Waals surface area contributed by atoms with Gasteiger partial charge in [0.25, 0.3) is 0 Å². The molecule has 2 fully saturated rings. The van der Waals surface area contributed by atoms with Gasteiger partial charge in [-0.1, -0.05) is 12.1 Å². The van der Waals surface area contributed by atoms with E-state index >= 15 is 0 Å². The summed E-state index contributed by atoms with van der Waals surface area (Å²) in [6, 6.07) is 12.0. The van der Waals surface area contributed by atoms with Gasteiger partial charge in [-0.3, -0.25) is 4.99 Å². The Bertz CT molecular complexity index is 954. The summed E-state index contributed by atoms with van der Waals surface area (Å²) >= 11 is 0. The molecule has 0 aromatic heterocycles. The van der Waals surface area contributed by atoms with E-state index in [4.69, 9.17) is 4.74 Å². The number of nitrogens with one attached hydrogen (secondary N) is 2. The second-order valence-corrected chi connectivity index (χ2v) is 8.40. The number of aliphatic imine (C=N–C) groups is 1. The predicted octanol–water partition coefficient (Wildman–Crippen LogP) is 3.24. The Morgan fingerprint density at radius 2 is 1.84 bits per heavy atom. The lowest BCUT2D eigenvalue weighted by Gasteiger charge is -2.22. The molecule has 2 aromatic carbocycles. The van der Waals surface area contributed by atoms with Crippen molar-refractivity contribution in [1.29, 1.82) is 0 Å². The van der Waals surface area contributed by atoms with Gasteiger partial charge in [-0.25, -0.2) is 8.78 Å². The largest absolute Gasteiger partial charge is 0.495 e. The van der Waals surface area contributed by atoms with E-state index in [9.17, 15) is 8.78 Å². The number of benzene rings is 2. The molecule has 6 nitrogen and oxygen atoms in total. The molecule has 32 heavy (non-hydrogen) atoms. The molecule has 2 saturated heterocycles. The number of anilines is 2. The van der Waals surface area contributed by atoms with Crippen molar-refractivity contribution in [3.05, 3.63) is 54.1 Å². The molecule has 0 bridgehead atoms. The Morgan fingerprint density at radius 3 is 2.62 bits per heavy atom. The summed E-state index contributed by atoms with van der Waals surface area (Å²) in [6.07, 6.45) is 1.96. The van der Waals surface area contributed by atoms with Crippen LogP contribution < -0.4 is 25.2 Å². The van der Waals surface area contributed by atoms with Crippen LogP contribution in [0.15, 0.2) is 47.5 Å². The summed E-state index contributed by atoms with van der Waals surface area (Å²) in [7, 11) is 3.47. The number of hydrogen-bond acceptors (Lipinski definition) is 4. The molecular formula is C24H31F2N5O. The van der Waals surface area contributed by atoms with Crippen molar-refractivity contribution in [2.24, 2.45) is 10.9 Å². The Balaban J connectivity index is 1.26. The van der Waals surface area contributed by atoms with Crippen LogP contribution in [0, 0.1) is 17.6 Å². The maximum Gasteiger partial charge on any atom is 0.191 e. The second-order valence-electron chi connectivity index (χ2n) is 8.40. The number of guanidine groups is 1. The van der Waals surface area contributed by atoms with Gasteiger partial charge in [0.2, 0.25) is 0 Å². The summed E-state index contributed by atoms with van der Waals surface area (Å²) in [5.41, 5.74) is 1.58. The molecule has 4 rings (SSSR count). The minimum atomic E-state index is -0.555. The molecule has 2 unspecified atom stereocenters. The fourth-order valence-electron chi connectivity index (χ4n) is 4.57. The van der Waals surface area contributed by atoms with Gasteiger partial charge in [0, 0.05) is 51.9 Å². The van der Waals surface area contributed by atoms with Crippen molar-refractivity contribution in [2.45, 2.75) is 18.9 Å². The molecule has 2 aromatic rings. The minimum absolute atomic E-state index is 0.152. The van der Waals surface area contributed by atoms with Gasteiger partial charge >= 0.3 is 0 Å². The van der Waals surface area contributed by atoms with Crippen LogP contribution in [0.4, 0.5) is 20.2 Å². The van der Waals surface area contributed by atoms with Crippen LogP contribution in [0.25, 0.3) is 0 Å². The van der Waals surface area contributed by atoms with Gasteiger partial charge in [-0.05, 0) is 43.0 Å². The third kappa shape index (κ3) is 5.06. The van der Waals surface area contributed by atoms with Gasteiger partial charge in [-0.15, -0.1) is 0 Å². The van der Waals surface area contributed by atoms with Crippen LogP contribution in [0.5, 0.6) is 5.75 Å². The molecule has 172 valence electrons. The minimum Gasteiger partial charge on any atom is -0.495 e. The first kappa shape index (κ1) is 22.2. The molecule has 0 amide bonds. The SMILES string of the molecule is CN=C(NCC1CCN(c2ccccc2OC)C1)NC1CCN(c2ccc(F)cc2F)C1. The number of rotatable bonds is 6. The lowest BCUT2D eigenvalue weighted by atomic mass is 10.1. The maximum atomic E-state index is 14.1. The van der Waals surface area contributed by atoms with Crippen molar-refractivity contribution < 1.29 is 13.5 Å². The number of methoxy groups -OCH3 is 1. The quantitative estimate of drug-likeness (QED) is 0.530. The van der Waals surface area contributed by atoms with E-state index in [1.165, 1.54) is 12.1 Å². The molecular weight excluding hydrogens is 412 g/mol. The predicted molar refractivity (Wildman–Crippen MR) is 125 cm³/mol. The average Bonchev–Trinajstić information content (AvgIpc) is 3.46. The van der Waals surface area contributed by atoms with E-state index in [0.29, 0.717) is 24.7 Å². The van der Waals surface area contributed by atoms with Crippen LogP contribution >= 0.6 is 0 Å². The van der Waals surface area contributed by atoms with E-state index < -0.39 is 11.6 Å². The average molecular weight is 444 g/mol. The molecule has 0 spiro atoms. The number of ether oxygens (including phenoxy) is 1. The maximum absolute atomic E-state index is 14.1. The van der Waals surface area contributed by atoms with Gasteiger partial charge in [0.15, 0.2) is 5.96 Å². The lowest BCUT2D eigenvalue weighted by Crippen LogP contribution is -2.46. The van der Waals surface area contributed by atoms with Crippen molar-refractivity contribution in [2.75, 3.05) is 56.7 Å². The van der Waals surface area contributed by atoms with Crippen LogP contribution in [-0.4, -0.2) is 58.9 Å². The number of halogens is 2. The zero-order valence-electron chi connectivity index (χ0n) is 18.7. The molecule has 8 heteroatoms. The van der Waals surface area contributed by atoms with Crippen LogP contribution in [0.3, 0.4) is 0 Å². The highest BCUT2D eigenvalue weighted by Crippen LogP contribution is 2.31. The normalized spacial score (nSPS) is 21.2. The summed E-state index contributed by atoms with van der Waals surface area (Å²) in [5.74, 6) is 1.09. The summed E-state index contributed by atoms with van der Waals surface area (Å²) in [5, 5.41) is 6.90. The van der Waals surface area contributed by atoms with E-state index in [-0.39, 0.29) is 6.04 Å². The number of para-hydroxylation sites is 2. The number of hydrogen-bond donors (Lipinski definition) is 2. The van der Waals surface area contributed by atoms with Crippen LogP contribution in [0.1, 0.15) is 12.8 Å². The lowest BCUT2D eigenvalue weighted by molar-refractivity contribution is 0.414. The van der Waals surface area contributed by atoms with Gasteiger partial charge in [-0.2, -0.15) is 0 Å². The van der Waals surface area contributed by atoms with Gasteiger partial charge in [0.1, 0.15) is 17.4 Å². The monoisotopic (exact) mass is 443 g/mol. The molecule has 0 radical (unpaired) electrons. The van der Waals surface area contributed by atoms with Crippen molar-refractivity contribution in [3.8, 4) is 5.75 Å². The standard InChI is InChI=1S/C24H31F2N5O/c1-27-24(29-19-10-12-31(16-19)21-8-7-18(25)13-20(21)26)28-14-17-9-11-30(15-17)22-5-3-4-6-23(22)32-2/h3-8,13,17,19H,9-12,14-16H2,1-2H3,(H2,27,28,29). The Morgan fingerprint density at radius 1 is 1.06 bits per heavy atom. The highest BCUT2D eigenvalue weighted by Gasteiger charge is 2.27. The molecule has 2 N–H and O–H groups in total. The van der Waals surface area contributed by atoms with Crippen molar-refractivity contribution in [1.82, 2.24) is 10.6 Å². The first-order chi connectivity index (χ1) is 15.6. The molecule has 0 saturated carbocycles. The van der Waals surface area contributed by atoms with E-state index in [0.717, 1.165) is 55.9 Å². The van der Waals surface area contributed by atoms with E-state index in [1.807, 2.05) is 23.1 Å². The molecule has 2 heterocycles. The third-order valence-electron chi connectivity index (χ3n) is 6.27. The van der Waals surface area contributed by atoms with Gasteiger partial charge in [0.05, 0.1) is 18.5 Å². The highest BCUT2D eigenvalue weighted by atomic mass is 19.1. The first-order valence-corrected chi connectivity index (χ1v) is 11.1. The first-order valence-electron chi connectivity index (χ1n) is 11.1. The highest BCUT2D eigenvalue weighted by molar-refractivity contribution is 5.80. The topological polar surface area (TPSA) is 52.1 Å². The van der Waals surface area contributed by atoms with Crippen LogP contribution in [-0.2, 0) is 0 Å². The van der Waals surface area contributed by atoms with Crippen LogP contribution in [0.2, 0.25) is 0 Å². The fourth-order valence-corrected chi connectivity index (χ4v) is 4.57. The summed E-state index contributed by atoms with van der Waals surface area (Å²) in [4.78, 5) is 8.68. The van der Waals surface area contributed by atoms with Gasteiger partial charge < -0.3 is 25.2 Å². The fraction of sp³-hybridized carbons (Fsp3) is 0.458. The van der Waals surface area contributed by atoms with Crippen molar-refractivity contribution in [3.63, 3.8) is 0 Å².